The monoisotopic (exact) mass is 379 g/mol. The van der Waals surface area contributed by atoms with Gasteiger partial charge in [-0.25, -0.2) is 0 Å². The largest absolute Gasteiger partial charge is 0.313 e. The first-order valence-electron chi connectivity index (χ1n) is 8.25. The van der Waals surface area contributed by atoms with Crippen LogP contribution in [0.5, 0.6) is 0 Å². The molecule has 0 aliphatic heterocycles. The zero-order chi connectivity index (χ0) is 18.1. The normalized spacial score (nSPS) is 11.2. The number of hydrogen-bond donors (Lipinski definition) is 0. The lowest BCUT2D eigenvalue weighted by Crippen LogP contribution is -2.07. The number of aryl methyl sites for hydroxylation is 2. The fourth-order valence-corrected chi connectivity index (χ4v) is 4.57. The molecule has 4 rings (SSSR count). The van der Waals surface area contributed by atoms with E-state index >= 15 is 0 Å². The minimum absolute atomic E-state index is 0.0876. The molecule has 0 N–H and O–H groups in total. The average Bonchev–Trinajstić information content (AvgIpc) is 3.23. The topological polar surface area (TPSA) is 47.3 Å². The molecular weight excluding hydrogens is 362 g/mol. The summed E-state index contributed by atoms with van der Waals surface area (Å²) in [6.45, 7) is 3.98. The molecule has 4 aromatic rings. The van der Waals surface area contributed by atoms with E-state index in [0.717, 1.165) is 31.7 Å². The van der Waals surface area contributed by atoms with Crippen LogP contribution in [0.3, 0.4) is 0 Å². The molecule has 4 nitrogen and oxygen atoms in total. The molecule has 1 aromatic carbocycles. The number of thioether (sulfide) groups is 1. The third-order valence-electron chi connectivity index (χ3n) is 4.14. The van der Waals surface area contributed by atoms with E-state index in [1.165, 1.54) is 28.7 Å². The lowest BCUT2D eigenvalue weighted by atomic mass is 10.0. The Labute approximate surface area is 159 Å². The van der Waals surface area contributed by atoms with Crippen LogP contribution in [0.1, 0.15) is 21.1 Å². The van der Waals surface area contributed by atoms with E-state index in [0.29, 0.717) is 5.75 Å². The zero-order valence-electron chi connectivity index (χ0n) is 14.5. The highest BCUT2D eigenvalue weighted by Crippen LogP contribution is 2.30. The van der Waals surface area contributed by atoms with E-state index in [4.69, 9.17) is 0 Å². The van der Waals surface area contributed by atoms with Crippen LogP contribution in [0.25, 0.3) is 16.6 Å². The molecule has 0 saturated carbocycles. The number of rotatable bonds is 5. The first kappa shape index (κ1) is 17.0. The first-order chi connectivity index (χ1) is 12.6. The SMILES string of the molecule is Cc1ccc(-c2cc3ccccn3c2C(=O)CSc2nnc(C)s2)cc1. The maximum atomic E-state index is 13.1. The van der Waals surface area contributed by atoms with Crippen molar-refractivity contribution in [3.8, 4) is 11.1 Å². The van der Waals surface area contributed by atoms with Crippen molar-refractivity contribution in [1.29, 1.82) is 0 Å². The van der Waals surface area contributed by atoms with Crippen LogP contribution in [-0.2, 0) is 0 Å². The summed E-state index contributed by atoms with van der Waals surface area (Å²) in [5.41, 5.74) is 4.96. The van der Waals surface area contributed by atoms with E-state index in [2.05, 4.69) is 47.5 Å². The van der Waals surface area contributed by atoms with E-state index in [1.54, 1.807) is 0 Å². The number of carbonyl (C=O) groups excluding carboxylic acids is 1. The van der Waals surface area contributed by atoms with Crippen molar-refractivity contribution in [1.82, 2.24) is 14.6 Å². The molecule has 130 valence electrons. The minimum Gasteiger partial charge on any atom is -0.313 e. The molecule has 3 aromatic heterocycles. The van der Waals surface area contributed by atoms with Crippen LogP contribution in [-0.4, -0.2) is 26.1 Å². The smallest absolute Gasteiger partial charge is 0.190 e. The molecule has 3 heterocycles. The quantitative estimate of drug-likeness (QED) is 0.360. The van der Waals surface area contributed by atoms with Crippen molar-refractivity contribution in [2.75, 3.05) is 5.75 Å². The number of ketones is 1. The van der Waals surface area contributed by atoms with Crippen LogP contribution in [0.4, 0.5) is 0 Å². The van der Waals surface area contributed by atoms with Crippen molar-refractivity contribution >= 4 is 34.4 Å². The highest BCUT2D eigenvalue weighted by molar-refractivity contribution is 8.01. The lowest BCUT2D eigenvalue weighted by molar-refractivity contribution is 0.101. The summed E-state index contributed by atoms with van der Waals surface area (Å²) in [7, 11) is 0. The van der Waals surface area contributed by atoms with Crippen LogP contribution in [0.2, 0.25) is 0 Å². The molecule has 0 unspecified atom stereocenters. The van der Waals surface area contributed by atoms with Crippen LogP contribution in [0.15, 0.2) is 59.1 Å². The molecular formula is C20H17N3OS2. The number of aromatic nitrogens is 3. The third kappa shape index (κ3) is 3.30. The second-order valence-electron chi connectivity index (χ2n) is 6.07. The molecule has 0 aliphatic carbocycles. The molecule has 0 amide bonds. The number of Topliss-reactive ketones (excluding diaryl/α,β-unsaturated/α-hetero) is 1. The summed E-state index contributed by atoms with van der Waals surface area (Å²) < 4.78 is 2.80. The Balaban J connectivity index is 1.73. The lowest BCUT2D eigenvalue weighted by Gasteiger charge is -2.06. The van der Waals surface area contributed by atoms with Crippen molar-refractivity contribution < 1.29 is 4.79 Å². The van der Waals surface area contributed by atoms with Crippen molar-refractivity contribution in [2.45, 2.75) is 18.2 Å². The van der Waals surface area contributed by atoms with Gasteiger partial charge >= 0.3 is 0 Å². The molecule has 0 bridgehead atoms. The summed E-state index contributed by atoms with van der Waals surface area (Å²) in [5, 5.41) is 9.02. The Bertz CT molecular complexity index is 1080. The van der Waals surface area contributed by atoms with Gasteiger partial charge < -0.3 is 4.40 Å². The van der Waals surface area contributed by atoms with Gasteiger partial charge in [0.2, 0.25) is 0 Å². The molecule has 0 fully saturated rings. The minimum atomic E-state index is 0.0876. The summed E-state index contributed by atoms with van der Waals surface area (Å²) in [5.74, 6) is 0.429. The van der Waals surface area contributed by atoms with Gasteiger partial charge in [0, 0.05) is 17.3 Å². The molecule has 0 atom stereocenters. The molecule has 0 radical (unpaired) electrons. The second-order valence-corrected chi connectivity index (χ2v) is 8.47. The fraction of sp³-hybridized carbons (Fsp3) is 0.150. The summed E-state index contributed by atoms with van der Waals surface area (Å²) in [6, 6.07) is 16.3. The van der Waals surface area contributed by atoms with Crippen molar-refractivity contribution in [2.24, 2.45) is 0 Å². The number of fused-ring (bicyclic) bond motifs is 1. The maximum absolute atomic E-state index is 13.1. The van der Waals surface area contributed by atoms with Gasteiger partial charge in [-0.15, -0.1) is 10.2 Å². The highest BCUT2D eigenvalue weighted by atomic mass is 32.2. The van der Waals surface area contributed by atoms with E-state index in [9.17, 15) is 4.79 Å². The van der Waals surface area contributed by atoms with Gasteiger partial charge in [0.15, 0.2) is 10.1 Å². The Morgan fingerprint density at radius 3 is 2.65 bits per heavy atom. The average molecular weight is 380 g/mol. The van der Waals surface area contributed by atoms with Crippen molar-refractivity contribution in [3.63, 3.8) is 0 Å². The highest BCUT2D eigenvalue weighted by Gasteiger charge is 2.19. The Kier molecular flexibility index (Phi) is 4.61. The number of carbonyl (C=O) groups is 1. The number of nitrogens with zero attached hydrogens (tertiary/aromatic N) is 3. The van der Waals surface area contributed by atoms with Gasteiger partial charge in [0.05, 0.1) is 11.4 Å². The van der Waals surface area contributed by atoms with E-state index in [1.807, 2.05) is 35.7 Å². The molecule has 0 spiro atoms. The van der Waals surface area contributed by atoms with Gasteiger partial charge in [-0.1, -0.05) is 59.0 Å². The van der Waals surface area contributed by atoms with Crippen LogP contribution in [0, 0.1) is 13.8 Å². The van der Waals surface area contributed by atoms with E-state index in [-0.39, 0.29) is 5.78 Å². The predicted molar refractivity (Wildman–Crippen MR) is 107 cm³/mol. The number of hydrogen-bond acceptors (Lipinski definition) is 5. The molecule has 0 aliphatic rings. The van der Waals surface area contributed by atoms with E-state index < -0.39 is 0 Å². The second kappa shape index (κ2) is 7.05. The van der Waals surface area contributed by atoms with Crippen LogP contribution >= 0.6 is 23.1 Å². The number of benzene rings is 1. The molecule has 6 heteroatoms. The van der Waals surface area contributed by atoms with Gasteiger partial charge in [0.1, 0.15) is 5.01 Å². The molecule has 0 saturated heterocycles. The maximum Gasteiger partial charge on any atom is 0.190 e. The Morgan fingerprint density at radius 2 is 1.92 bits per heavy atom. The fourth-order valence-electron chi connectivity index (χ4n) is 2.89. The zero-order valence-corrected chi connectivity index (χ0v) is 16.1. The summed E-state index contributed by atoms with van der Waals surface area (Å²) >= 11 is 2.96. The van der Waals surface area contributed by atoms with Gasteiger partial charge in [-0.3, -0.25) is 4.79 Å². The van der Waals surface area contributed by atoms with Gasteiger partial charge in [-0.2, -0.15) is 0 Å². The van der Waals surface area contributed by atoms with Crippen LogP contribution < -0.4 is 0 Å². The predicted octanol–water partition coefficient (Wildman–Crippen LogP) is 5.05. The first-order valence-corrected chi connectivity index (χ1v) is 10.1. The summed E-state index contributed by atoms with van der Waals surface area (Å²) in [4.78, 5) is 13.1. The van der Waals surface area contributed by atoms with Crippen molar-refractivity contribution in [3.05, 3.63) is 71.0 Å². The summed E-state index contributed by atoms with van der Waals surface area (Å²) in [6.07, 6.45) is 1.94. The van der Waals surface area contributed by atoms with Gasteiger partial charge in [-0.05, 0) is 37.6 Å². The number of pyridine rings is 1. The third-order valence-corrected chi connectivity index (χ3v) is 6.11. The molecule has 26 heavy (non-hydrogen) atoms. The standard InChI is InChI=1S/C20H17N3OS2/c1-13-6-8-15(9-7-13)17-11-16-5-3-4-10-23(16)19(17)18(24)12-25-20-22-21-14(2)26-20/h3-11H,12H2,1-2H3. The Hall–Kier alpha value is -2.44. The Morgan fingerprint density at radius 1 is 1.12 bits per heavy atom. The van der Waals surface area contributed by atoms with Gasteiger partial charge in [0.25, 0.3) is 0 Å².